The van der Waals surface area contributed by atoms with Crippen molar-refractivity contribution in [1.82, 2.24) is 9.97 Å². The molecule has 0 radical (unpaired) electrons. The monoisotopic (exact) mass is 243 g/mol. The number of hydrogen-bond acceptors (Lipinski definition) is 7. The molecule has 7 nitrogen and oxygen atoms in total. The standard InChI is InChI=1S/C10H17N3O4/c1-7-11-8(3-9(12-7)17-2)13-10(4-14,5-15)6-16/h3,14-16H,4-6H2,1-2H3,(H,11,12,13). The fraction of sp³-hybridized carbons (Fsp3) is 0.600. The number of rotatable bonds is 6. The van der Waals surface area contributed by atoms with E-state index >= 15 is 0 Å². The summed E-state index contributed by atoms with van der Waals surface area (Å²) >= 11 is 0. The number of nitrogens with zero attached hydrogens (tertiary/aromatic N) is 2. The van der Waals surface area contributed by atoms with Crippen LogP contribution < -0.4 is 10.1 Å². The first-order valence-corrected chi connectivity index (χ1v) is 5.09. The Morgan fingerprint density at radius 3 is 2.29 bits per heavy atom. The Kier molecular flexibility index (Phi) is 4.62. The zero-order valence-corrected chi connectivity index (χ0v) is 9.84. The van der Waals surface area contributed by atoms with Gasteiger partial charge in [0.15, 0.2) is 0 Å². The van der Waals surface area contributed by atoms with Gasteiger partial charge in [-0.2, -0.15) is 4.98 Å². The van der Waals surface area contributed by atoms with E-state index in [0.717, 1.165) is 0 Å². The minimum atomic E-state index is -1.22. The highest BCUT2D eigenvalue weighted by atomic mass is 16.5. The van der Waals surface area contributed by atoms with E-state index < -0.39 is 25.4 Å². The summed E-state index contributed by atoms with van der Waals surface area (Å²) in [6, 6.07) is 1.52. The lowest BCUT2D eigenvalue weighted by molar-refractivity contribution is 0.0830. The lowest BCUT2D eigenvalue weighted by Crippen LogP contribution is -2.49. The van der Waals surface area contributed by atoms with E-state index in [1.54, 1.807) is 6.92 Å². The minimum absolute atomic E-state index is 0.364. The van der Waals surface area contributed by atoms with E-state index in [4.69, 9.17) is 4.74 Å². The minimum Gasteiger partial charge on any atom is -0.481 e. The smallest absolute Gasteiger partial charge is 0.218 e. The van der Waals surface area contributed by atoms with Gasteiger partial charge in [-0.05, 0) is 6.92 Å². The molecule has 0 bridgehead atoms. The molecule has 96 valence electrons. The molecular weight excluding hydrogens is 226 g/mol. The number of methoxy groups -OCH3 is 1. The Hall–Kier alpha value is -1.44. The van der Waals surface area contributed by atoms with Crippen molar-refractivity contribution in [3.63, 3.8) is 0 Å². The largest absolute Gasteiger partial charge is 0.481 e. The van der Waals surface area contributed by atoms with Gasteiger partial charge < -0.3 is 25.4 Å². The van der Waals surface area contributed by atoms with Crippen molar-refractivity contribution in [1.29, 1.82) is 0 Å². The average molecular weight is 243 g/mol. The summed E-state index contributed by atoms with van der Waals surface area (Å²) < 4.78 is 4.97. The molecule has 4 N–H and O–H groups in total. The normalized spacial score (nSPS) is 11.4. The van der Waals surface area contributed by atoms with Crippen molar-refractivity contribution < 1.29 is 20.1 Å². The maximum Gasteiger partial charge on any atom is 0.218 e. The number of hydrogen-bond donors (Lipinski definition) is 4. The number of aromatic nitrogens is 2. The van der Waals surface area contributed by atoms with Crippen LogP contribution in [0, 0.1) is 6.92 Å². The van der Waals surface area contributed by atoms with Crippen molar-refractivity contribution >= 4 is 5.82 Å². The van der Waals surface area contributed by atoms with E-state index in [1.165, 1.54) is 13.2 Å². The van der Waals surface area contributed by atoms with Crippen LogP contribution in [0.25, 0.3) is 0 Å². The Labute approximate surface area is 99.1 Å². The number of anilines is 1. The molecule has 0 spiro atoms. The molecule has 0 saturated carbocycles. The second kappa shape index (κ2) is 5.76. The number of aliphatic hydroxyl groups excluding tert-OH is 3. The summed E-state index contributed by atoms with van der Waals surface area (Å²) in [6.45, 7) is 0.411. The highest BCUT2D eigenvalue weighted by Gasteiger charge is 2.28. The zero-order chi connectivity index (χ0) is 12.9. The molecule has 1 aromatic rings. The third-order valence-electron chi connectivity index (χ3n) is 2.32. The van der Waals surface area contributed by atoms with Crippen molar-refractivity contribution in [3.8, 4) is 5.88 Å². The summed E-state index contributed by atoms with van der Waals surface area (Å²) in [6.07, 6.45) is 0. The fourth-order valence-corrected chi connectivity index (χ4v) is 1.25. The Bertz CT molecular complexity index is 360. The first kappa shape index (κ1) is 13.6. The summed E-state index contributed by atoms with van der Waals surface area (Å²) in [7, 11) is 1.48. The van der Waals surface area contributed by atoms with E-state index in [-0.39, 0.29) is 0 Å². The van der Waals surface area contributed by atoms with Crippen LogP contribution in [0.5, 0.6) is 5.88 Å². The maximum absolute atomic E-state index is 9.18. The quantitative estimate of drug-likeness (QED) is 0.503. The summed E-state index contributed by atoms with van der Waals surface area (Å²) in [5, 5.41) is 30.3. The SMILES string of the molecule is COc1cc(NC(CO)(CO)CO)nc(C)n1. The summed E-state index contributed by atoms with van der Waals surface area (Å²) in [5.41, 5.74) is -1.22. The van der Waals surface area contributed by atoms with Crippen LogP contribution in [0.1, 0.15) is 5.82 Å². The van der Waals surface area contributed by atoms with Gasteiger partial charge in [-0.25, -0.2) is 4.98 Å². The molecule has 1 aromatic heterocycles. The van der Waals surface area contributed by atoms with Crippen LogP contribution in [0.4, 0.5) is 5.82 Å². The third-order valence-corrected chi connectivity index (χ3v) is 2.32. The number of aryl methyl sites for hydroxylation is 1. The highest BCUT2D eigenvalue weighted by Crippen LogP contribution is 2.17. The van der Waals surface area contributed by atoms with Crippen molar-refractivity contribution in [2.45, 2.75) is 12.5 Å². The third kappa shape index (κ3) is 3.26. The number of aliphatic hydroxyl groups is 3. The van der Waals surface area contributed by atoms with Crippen LogP contribution in [-0.4, -0.2) is 57.8 Å². The van der Waals surface area contributed by atoms with Crippen LogP contribution in [0.3, 0.4) is 0 Å². The topological polar surface area (TPSA) is 108 Å². The molecular formula is C10H17N3O4. The van der Waals surface area contributed by atoms with Crippen LogP contribution >= 0.6 is 0 Å². The van der Waals surface area contributed by atoms with Gasteiger partial charge in [0, 0.05) is 6.07 Å². The molecule has 0 unspecified atom stereocenters. The van der Waals surface area contributed by atoms with Crippen molar-refractivity contribution in [3.05, 3.63) is 11.9 Å². The first-order chi connectivity index (χ1) is 8.09. The molecule has 17 heavy (non-hydrogen) atoms. The molecule has 7 heteroatoms. The lowest BCUT2D eigenvalue weighted by Gasteiger charge is -2.29. The molecule has 0 atom stereocenters. The van der Waals surface area contributed by atoms with E-state index in [2.05, 4.69) is 15.3 Å². The van der Waals surface area contributed by atoms with Crippen LogP contribution in [-0.2, 0) is 0 Å². The van der Waals surface area contributed by atoms with Gasteiger partial charge in [0.05, 0.1) is 26.9 Å². The molecule has 0 saturated heterocycles. The predicted molar refractivity (Wildman–Crippen MR) is 60.9 cm³/mol. The lowest BCUT2D eigenvalue weighted by atomic mass is 10.0. The second-order valence-electron chi connectivity index (χ2n) is 3.72. The summed E-state index contributed by atoms with van der Waals surface area (Å²) in [5.74, 6) is 1.21. The molecule has 0 fully saturated rings. The zero-order valence-electron chi connectivity index (χ0n) is 9.84. The van der Waals surface area contributed by atoms with Gasteiger partial charge in [-0.15, -0.1) is 0 Å². The van der Waals surface area contributed by atoms with Gasteiger partial charge in [-0.1, -0.05) is 0 Å². The van der Waals surface area contributed by atoms with E-state index in [9.17, 15) is 15.3 Å². The Morgan fingerprint density at radius 1 is 1.24 bits per heavy atom. The van der Waals surface area contributed by atoms with Gasteiger partial charge in [0.1, 0.15) is 17.2 Å². The van der Waals surface area contributed by atoms with Gasteiger partial charge in [0.2, 0.25) is 5.88 Å². The highest BCUT2D eigenvalue weighted by molar-refractivity contribution is 5.41. The fourth-order valence-electron chi connectivity index (χ4n) is 1.25. The molecule has 1 heterocycles. The van der Waals surface area contributed by atoms with E-state index in [1.807, 2.05) is 0 Å². The van der Waals surface area contributed by atoms with E-state index in [0.29, 0.717) is 17.5 Å². The van der Waals surface area contributed by atoms with Gasteiger partial charge in [-0.3, -0.25) is 0 Å². The Balaban J connectivity index is 2.96. The van der Waals surface area contributed by atoms with Gasteiger partial charge >= 0.3 is 0 Å². The molecule has 0 amide bonds. The van der Waals surface area contributed by atoms with Gasteiger partial charge in [0.25, 0.3) is 0 Å². The first-order valence-electron chi connectivity index (χ1n) is 5.09. The second-order valence-corrected chi connectivity index (χ2v) is 3.72. The predicted octanol–water partition coefficient (Wildman–Crippen LogP) is -1.08. The average Bonchev–Trinajstić information content (AvgIpc) is 2.35. The maximum atomic E-state index is 9.18. The molecule has 1 rings (SSSR count). The number of nitrogens with one attached hydrogen (secondary N) is 1. The number of ether oxygens (including phenoxy) is 1. The van der Waals surface area contributed by atoms with Crippen LogP contribution in [0.2, 0.25) is 0 Å². The molecule has 0 aromatic carbocycles. The molecule has 0 aliphatic heterocycles. The van der Waals surface area contributed by atoms with Crippen LogP contribution in [0.15, 0.2) is 6.07 Å². The van der Waals surface area contributed by atoms with Crippen molar-refractivity contribution in [2.75, 3.05) is 32.2 Å². The molecule has 0 aliphatic rings. The summed E-state index contributed by atoms with van der Waals surface area (Å²) in [4.78, 5) is 8.07. The Morgan fingerprint density at radius 2 is 1.82 bits per heavy atom. The molecule has 0 aliphatic carbocycles. The van der Waals surface area contributed by atoms with Crippen molar-refractivity contribution in [2.24, 2.45) is 0 Å².